The number of nitrogens with one attached hydrogen (secondary N) is 2. The van der Waals surface area contributed by atoms with E-state index in [1.54, 1.807) is 19.0 Å². The van der Waals surface area contributed by atoms with Crippen LogP contribution in [0.5, 0.6) is 0 Å². The maximum Gasteiger partial charge on any atom is 0.223 e. The van der Waals surface area contributed by atoms with E-state index in [2.05, 4.69) is 50.8 Å². The standard InChI is InChI=1S/C18H27BrN4O/c1-4-20-17(21-11-8-16(24)23(2)3)22-13-18(9-10-18)14-6-5-7-15(19)12-14/h5-7,12H,4,8-11,13H2,1-3H3,(H2,20,21,22). The molecule has 2 rings (SSSR count). The molecule has 24 heavy (non-hydrogen) atoms. The van der Waals surface area contributed by atoms with Gasteiger partial charge in [0.1, 0.15) is 0 Å². The molecular formula is C18H27BrN4O. The number of hydrogen-bond donors (Lipinski definition) is 2. The summed E-state index contributed by atoms with van der Waals surface area (Å²) < 4.78 is 1.11. The lowest BCUT2D eigenvalue weighted by Gasteiger charge is -2.16. The van der Waals surface area contributed by atoms with Crippen molar-refractivity contribution in [2.75, 3.05) is 33.7 Å². The summed E-state index contributed by atoms with van der Waals surface area (Å²) in [5, 5.41) is 6.51. The van der Waals surface area contributed by atoms with Crippen LogP contribution in [0.15, 0.2) is 33.7 Å². The van der Waals surface area contributed by atoms with Crippen LogP contribution in [0.2, 0.25) is 0 Å². The van der Waals surface area contributed by atoms with Crippen molar-refractivity contribution >= 4 is 27.8 Å². The molecule has 1 fully saturated rings. The molecule has 2 N–H and O–H groups in total. The smallest absolute Gasteiger partial charge is 0.223 e. The Bertz CT molecular complexity index is 596. The summed E-state index contributed by atoms with van der Waals surface area (Å²) in [6.45, 7) is 4.20. The van der Waals surface area contributed by atoms with Gasteiger partial charge >= 0.3 is 0 Å². The molecule has 0 aliphatic heterocycles. The van der Waals surface area contributed by atoms with Crippen molar-refractivity contribution in [2.24, 2.45) is 4.99 Å². The number of halogens is 1. The normalized spacial score (nSPS) is 15.8. The van der Waals surface area contributed by atoms with Gasteiger partial charge in [0, 0.05) is 43.5 Å². The zero-order valence-electron chi connectivity index (χ0n) is 14.7. The second-order valence-corrected chi connectivity index (χ2v) is 7.37. The minimum absolute atomic E-state index is 0.117. The number of carbonyl (C=O) groups excluding carboxylic acids is 1. The summed E-state index contributed by atoms with van der Waals surface area (Å²) in [6, 6.07) is 8.51. The van der Waals surface area contributed by atoms with Gasteiger partial charge in [0.05, 0.1) is 6.54 Å². The predicted molar refractivity (Wildman–Crippen MR) is 102 cm³/mol. The van der Waals surface area contributed by atoms with Gasteiger partial charge in [-0.15, -0.1) is 0 Å². The molecule has 0 saturated heterocycles. The number of rotatable bonds is 7. The van der Waals surface area contributed by atoms with Crippen molar-refractivity contribution in [2.45, 2.75) is 31.6 Å². The van der Waals surface area contributed by atoms with E-state index >= 15 is 0 Å². The van der Waals surface area contributed by atoms with E-state index < -0.39 is 0 Å². The van der Waals surface area contributed by atoms with Crippen LogP contribution >= 0.6 is 15.9 Å². The lowest BCUT2D eigenvalue weighted by Crippen LogP contribution is -2.39. The third kappa shape index (κ3) is 5.23. The molecule has 1 aromatic carbocycles. The van der Waals surface area contributed by atoms with Crippen LogP contribution in [-0.2, 0) is 10.2 Å². The monoisotopic (exact) mass is 394 g/mol. The van der Waals surface area contributed by atoms with Crippen LogP contribution in [0.3, 0.4) is 0 Å². The fraction of sp³-hybridized carbons (Fsp3) is 0.556. The Morgan fingerprint density at radius 3 is 2.67 bits per heavy atom. The molecule has 0 aromatic heterocycles. The van der Waals surface area contributed by atoms with E-state index in [9.17, 15) is 4.79 Å². The molecule has 0 spiro atoms. The van der Waals surface area contributed by atoms with Crippen molar-refractivity contribution in [1.82, 2.24) is 15.5 Å². The van der Waals surface area contributed by atoms with Gasteiger partial charge in [0.25, 0.3) is 0 Å². The molecule has 0 bridgehead atoms. The number of carbonyl (C=O) groups is 1. The van der Waals surface area contributed by atoms with Gasteiger partial charge in [0.15, 0.2) is 5.96 Å². The number of aliphatic imine (C=N–C) groups is 1. The predicted octanol–water partition coefficient (Wildman–Crippen LogP) is 2.51. The average Bonchev–Trinajstić information content (AvgIpc) is 3.33. The first-order valence-corrected chi connectivity index (χ1v) is 9.24. The molecule has 1 aliphatic rings. The van der Waals surface area contributed by atoms with E-state index in [1.165, 1.54) is 18.4 Å². The average molecular weight is 395 g/mol. The number of amides is 1. The lowest BCUT2D eigenvalue weighted by atomic mass is 9.96. The molecular weight excluding hydrogens is 368 g/mol. The molecule has 5 nitrogen and oxygen atoms in total. The highest BCUT2D eigenvalue weighted by molar-refractivity contribution is 9.10. The highest BCUT2D eigenvalue weighted by Crippen LogP contribution is 2.48. The zero-order chi connectivity index (χ0) is 17.6. The Balaban J connectivity index is 1.94. The quantitative estimate of drug-likeness (QED) is 0.551. The second kappa shape index (κ2) is 8.51. The first-order valence-electron chi connectivity index (χ1n) is 8.45. The molecule has 6 heteroatoms. The molecule has 0 atom stereocenters. The number of benzene rings is 1. The molecule has 0 heterocycles. The van der Waals surface area contributed by atoms with Crippen molar-refractivity contribution in [3.63, 3.8) is 0 Å². The third-order valence-corrected chi connectivity index (χ3v) is 4.80. The van der Waals surface area contributed by atoms with Gasteiger partial charge in [-0.2, -0.15) is 0 Å². The molecule has 0 unspecified atom stereocenters. The second-order valence-electron chi connectivity index (χ2n) is 6.45. The highest BCUT2D eigenvalue weighted by Gasteiger charge is 2.44. The van der Waals surface area contributed by atoms with Crippen LogP contribution in [0.4, 0.5) is 0 Å². The van der Waals surface area contributed by atoms with Gasteiger partial charge < -0.3 is 15.5 Å². The number of nitrogens with zero attached hydrogens (tertiary/aromatic N) is 2. The van der Waals surface area contributed by atoms with Gasteiger partial charge in [-0.1, -0.05) is 28.1 Å². The maximum absolute atomic E-state index is 11.6. The van der Waals surface area contributed by atoms with Crippen LogP contribution in [0.1, 0.15) is 31.7 Å². The van der Waals surface area contributed by atoms with Crippen molar-refractivity contribution in [3.05, 3.63) is 34.3 Å². The van der Waals surface area contributed by atoms with Crippen molar-refractivity contribution < 1.29 is 4.79 Å². The minimum atomic E-state index is 0.117. The topological polar surface area (TPSA) is 56.7 Å². The first kappa shape index (κ1) is 18.8. The van der Waals surface area contributed by atoms with E-state index in [-0.39, 0.29) is 11.3 Å². The SMILES string of the molecule is CCNC(=NCC1(c2cccc(Br)c2)CC1)NCCC(=O)N(C)C. The summed E-state index contributed by atoms with van der Waals surface area (Å²) in [6.07, 6.45) is 2.81. The first-order chi connectivity index (χ1) is 11.5. The molecule has 1 saturated carbocycles. The minimum Gasteiger partial charge on any atom is -0.357 e. The summed E-state index contributed by atoms with van der Waals surface area (Å²) in [5.41, 5.74) is 1.52. The van der Waals surface area contributed by atoms with E-state index in [0.717, 1.165) is 23.5 Å². The Kier molecular flexibility index (Phi) is 6.66. The van der Waals surface area contributed by atoms with Gasteiger partial charge in [0.2, 0.25) is 5.91 Å². The number of guanidine groups is 1. The fourth-order valence-corrected chi connectivity index (χ4v) is 2.99. The van der Waals surface area contributed by atoms with Crippen molar-refractivity contribution in [3.8, 4) is 0 Å². The van der Waals surface area contributed by atoms with Crippen LogP contribution in [0.25, 0.3) is 0 Å². The number of hydrogen-bond acceptors (Lipinski definition) is 2. The van der Waals surface area contributed by atoms with E-state index in [1.807, 2.05) is 6.92 Å². The van der Waals surface area contributed by atoms with Crippen LogP contribution in [-0.4, -0.2) is 50.5 Å². The lowest BCUT2D eigenvalue weighted by molar-refractivity contribution is -0.128. The third-order valence-electron chi connectivity index (χ3n) is 4.30. The molecule has 0 radical (unpaired) electrons. The van der Waals surface area contributed by atoms with Crippen LogP contribution < -0.4 is 10.6 Å². The summed E-state index contributed by atoms with van der Waals surface area (Å²) in [4.78, 5) is 18.0. The Hall–Kier alpha value is -1.56. The zero-order valence-corrected chi connectivity index (χ0v) is 16.3. The Morgan fingerprint density at radius 2 is 2.08 bits per heavy atom. The van der Waals surface area contributed by atoms with E-state index in [4.69, 9.17) is 4.99 Å². The molecule has 1 amide bonds. The Morgan fingerprint density at radius 1 is 1.33 bits per heavy atom. The maximum atomic E-state index is 11.6. The summed E-state index contributed by atoms with van der Waals surface area (Å²) in [7, 11) is 3.55. The molecule has 1 aliphatic carbocycles. The van der Waals surface area contributed by atoms with Gasteiger partial charge in [-0.05, 0) is 37.5 Å². The Labute approximate surface area is 153 Å². The van der Waals surface area contributed by atoms with Crippen LogP contribution in [0, 0.1) is 0 Å². The summed E-state index contributed by atoms with van der Waals surface area (Å²) in [5.74, 6) is 0.900. The summed E-state index contributed by atoms with van der Waals surface area (Å²) >= 11 is 3.55. The van der Waals surface area contributed by atoms with Crippen molar-refractivity contribution in [1.29, 1.82) is 0 Å². The molecule has 1 aromatic rings. The van der Waals surface area contributed by atoms with E-state index in [0.29, 0.717) is 13.0 Å². The fourth-order valence-electron chi connectivity index (χ4n) is 2.59. The van der Waals surface area contributed by atoms with Gasteiger partial charge in [-0.25, -0.2) is 0 Å². The van der Waals surface area contributed by atoms with Gasteiger partial charge in [-0.3, -0.25) is 9.79 Å². The highest BCUT2D eigenvalue weighted by atomic mass is 79.9. The molecule has 132 valence electrons. The largest absolute Gasteiger partial charge is 0.357 e.